The van der Waals surface area contributed by atoms with Crippen LogP contribution in [0.5, 0.6) is 0 Å². The molecule has 0 radical (unpaired) electrons. The minimum Gasteiger partial charge on any atom is -0.393 e. The molecule has 2 amide bonds. The lowest BCUT2D eigenvalue weighted by Gasteiger charge is -2.15. The van der Waals surface area contributed by atoms with Crippen molar-refractivity contribution >= 4 is 11.8 Å². The van der Waals surface area contributed by atoms with E-state index in [2.05, 4.69) is 0 Å². The van der Waals surface area contributed by atoms with Crippen LogP contribution in [-0.2, 0) is 0 Å². The summed E-state index contributed by atoms with van der Waals surface area (Å²) >= 11 is 0. The number of nitrogens with zero attached hydrogens (tertiary/aromatic N) is 1. The van der Waals surface area contributed by atoms with E-state index in [1.54, 1.807) is 0 Å². The van der Waals surface area contributed by atoms with Gasteiger partial charge >= 0.3 is 0 Å². The number of benzene rings is 1. The molecule has 0 bridgehead atoms. The molecule has 1 aromatic rings. The molecule has 1 N–H and O–H groups in total. The first-order valence-corrected chi connectivity index (χ1v) is 6.61. The lowest BCUT2D eigenvalue weighted by Crippen LogP contribution is -2.32. The third-order valence-corrected chi connectivity index (χ3v) is 3.70. The quantitative estimate of drug-likeness (QED) is 0.844. The number of aliphatic hydroxyl groups is 1. The minimum atomic E-state index is -0.466. The molecular formula is C15H19NO3. The van der Waals surface area contributed by atoms with E-state index in [0.29, 0.717) is 24.0 Å². The van der Waals surface area contributed by atoms with Crippen molar-refractivity contribution in [1.29, 1.82) is 0 Å². The van der Waals surface area contributed by atoms with E-state index in [4.69, 9.17) is 0 Å². The van der Waals surface area contributed by atoms with Gasteiger partial charge in [-0.05, 0) is 37.8 Å². The molecule has 0 aromatic heterocycles. The van der Waals surface area contributed by atoms with Crippen LogP contribution >= 0.6 is 0 Å². The summed E-state index contributed by atoms with van der Waals surface area (Å²) in [5.74, 6) is -0.464. The summed E-state index contributed by atoms with van der Waals surface area (Å²) < 4.78 is 0. The second-order valence-corrected chi connectivity index (χ2v) is 5.06. The van der Waals surface area contributed by atoms with E-state index in [1.165, 1.54) is 4.90 Å². The van der Waals surface area contributed by atoms with E-state index < -0.39 is 6.10 Å². The Morgan fingerprint density at radius 1 is 1.11 bits per heavy atom. The number of imide groups is 1. The molecule has 4 nitrogen and oxygen atoms in total. The average molecular weight is 261 g/mol. The zero-order valence-corrected chi connectivity index (χ0v) is 11.6. The van der Waals surface area contributed by atoms with Crippen LogP contribution in [0.3, 0.4) is 0 Å². The van der Waals surface area contributed by atoms with Gasteiger partial charge in [0, 0.05) is 6.54 Å². The summed E-state index contributed by atoms with van der Waals surface area (Å²) in [6.45, 7) is 5.84. The number of hydrogen-bond acceptors (Lipinski definition) is 3. The first-order valence-electron chi connectivity index (χ1n) is 6.61. The number of aryl methyl sites for hydroxylation is 2. The van der Waals surface area contributed by atoms with Crippen LogP contribution in [-0.4, -0.2) is 34.5 Å². The normalized spacial score (nSPS) is 15.9. The monoisotopic (exact) mass is 261 g/mol. The third kappa shape index (κ3) is 2.28. The fourth-order valence-corrected chi connectivity index (χ4v) is 2.41. The fourth-order valence-electron chi connectivity index (χ4n) is 2.41. The lowest BCUT2D eigenvalue weighted by atomic mass is 9.99. The van der Waals surface area contributed by atoms with Gasteiger partial charge in [-0.3, -0.25) is 14.5 Å². The summed E-state index contributed by atoms with van der Waals surface area (Å²) in [4.78, 5) is 25.9. The number of rotatable bonds is 4. The summed E-state index contributed by atoms with van der Waals surface area (Å²) in [6, 6.07) is 3.73. The van der Waals surface area contributed by atoms with E-state index in [-0.39, 0.29) is 18.4 Å². The van der Waals surface area contributed by atoms with Crippen molar-refractivity contribution in [2.24, 2.45) is 0 Å². The Labute approximate surface area is 113 Å². The first-order chi connectivity index (χ1) is 8.97. The highest BCUT2D eigenvalue weighted by Gasteiger charge is 2.37. The highest BCUT2D eigenvalue weighted by atomic mass is 16.3. The maximum absolute atomic E-state index is 12.3. The SMILES string of the molecule is CCC(O)CCN1C(=O)c2c(C)ccc(C)c2C1=O. The van der Waals surface area contributed by atoms with E-state index >= 15 is 0 Å². The highest BCUT2D eigenvalue weighted by Crippen LogP contribution is 2.28. The maximum atomic E-state index is 12.3. The molecule has 19 heavy (non-hydrogen) atoms. The van der Waals surface area contributed by atoms with Crippen molar-refractivity contribution in [3.05, 3.63) is 34.4 Å². The highest BCUT2D eigenvalue weighted by molar-refractivity contribution is 6.22. The van der Waals surface area contributed by atoms with Crippen molar-refractivity contribution in [3.63, 3.8) is 0 Å². The number of aliphatic hydroxyl groups excluding tert-OH is 1. The second kappa shape index (κ2) is 5.13. The largest absolute Gasteiger partial charge is 0.393 e. The Balaban J connectivity index is 2.29. The van der Waals surface area contributed by atoms with Gasteiger partial charge in [-0.1, -0.05) is 19.1 Å². The molecule has 2 rings (SSSR count). The molecule has 1 atom stereocenters. The zero-order chi connectivity index (χ0) is 14.2. The van der Waals surface area contributed by atoms with Crippen molar-refractivity contribution in [1.82, 2.24) is 4.90 Å². The van der Waals surface area contributed by atoms with E-state index in [9.17, 15) is 14.7 Å². The molecule has 4 heteroatoms. The van der Waals surface area contributed by atoms with Crippen molar-refractivity contribution < 1.29 is 14.7 Å². The maximum Gasteiger partial charge on any atom is 0.261 e. The minimum absolute atomic E-state index is 0.232. The topological polar surface area (TPSA) is 57.6 Å². The van der Waals surface area contributed by atoms with Gasteiger partial charge in [0.25, 0.3) is 11.8 Å². The Morgan fingerprint density at radius 3 is 2.00 bits per heavy atom. The standard InChI is InChI=1S/C15H19NO3/c1-4-11(17)7-8-16-14(18)12-9(2)5-6-10(3)13(12)15(16)19/h5-6,11,17H,4,7-8H2,1-3H3. The van der Waals surface area contributed by atoms with Crippen LogP contribution in [0.4, 0.5) is 0 Å². The molecule has 102 valence electrons. The molecule has 1 unspecified atom stereocenters. The van der Waals surface area contributed by atoms with Crippen LogP contribution in [0.15, 0.2) is 12.1 Å². The molecule has 1 aliphatic heterocycles. The molecule has 0 aliphatic carbocycles. The van der Waals surface area contributed by atoms with E-state index in [0.717, 1.165) is 11.1 Å². The van der Waals surface area contributed by atoms with Crippen LogP contribution in [0.25, 0.3) is 0 Å². The summed E-state index contributed by atoms with van der Waals surface area (Å²) in [5.41, 5.74) is 2.71. The fraction of sp³-hybridized carbons (Fsp3) is 0.467. The molecule has 0 fully saturated rings. The number of carbonyl (C=O) groups is 2. The molecule has 0 saturated carbocycles. The van der Waals surface area contributed by atoms with E-state index in [1.807, 2.05) is 32.9 Å². The molecular weight excluding hydrogens is 242 g/mol. The number of hydrogen-bond donors (Lipinski definition) is 1. The lowest BCUT2D eigenvalue weighted by molar-refractivity contribution is 0.0621. The smallest absolute Gasteiger partial charge is 0.261 e. The average Bonchev–Trinajstić information content (AvgIpc) is 2.64. The van der Waals surface area contributed by atoms with Crippen LogP contribution in [0, 0.1) is 13.8 Å². The second-order valence-electron chi connectivity index (χ2n) is 5.06. The van der Waals surface area contributed by atoms with Gasteiger partial charge in [0.1, 0.15) is 0 Å². The van der Waals surface area contributed by atoms with Gasteiger partial charge in [-0.15, -0.1) is 0 Å². The van der Waals surface area contributed by atoms with Gasteiger partial charge in [-0.2, -0.15) is 0 Å². The van der Waals surface area contributed by atoms with Gasteiger partial charge in [0.2, 0.25) is 0 Å². The predicted molar refractivity (Wildman–Crippen MR) is 72.2 cm³/mol. The summed E-state index contributed by atoms with van der Waals surface area (Å²) in [7, 11) is 0. The van der Waals surface area contributed by atoms with Crippen LogP contribution in [0.1, 0.15) is 51.6 Å². The number of amides is 2. The summed E-state index contributed by atoms with van der Waals surface area (Å²) in [5, 5.41) is 9.57. The molecule has 0 saturated heterocycles. The Hall–Kier alpha value is -1.68. The Bertz CT molecular complexity index is 495. The molecule has 0 spiro atoms. The predicted octanol–water partition coefficient (Wildman–Crippen LogP) is 2.06. The number of fused-ring (bicyclic) bond motifs is 1. The number of carbonyl (C=O) groups excluding carboxylic acids is 2. The summed E-state index contributed by atoms with van der Waals surface area (Å²) in [6.07, 6.45) is 0.591. The van der Waals surface area contributed by atoms with Crippen LogP contribution < -0.4 is 0 Å². The van der Waals surface area contributed by atoms with Crippen molar-refractivity contribution in [2.45, 2.75) is 39.7 Å². The first kappa shape index (κ1) is 13.7. The van der Waals surface area contributed by atoms with Gasteiger partial charge in [0.15, 0.2) is 0 Å². The third-order valence-electron chi connectivity index (χ3n) is 3.70. The molecule has 1 aliphatic rings. The Kier molecular flexibility index (Phi) is 3.71. The van der Waals surface area contributed by atoms with Crippen molar-refractivity contribution in [2.75, 3.05) is 6.54 Å². The van der Waals surface area contributed by atoms with Crippen LogP contribution in [0.2, 0.25) is 0 Å². The van der Waals surface area contributed by atoms with Gasteiger partial charge in [0.05, 0.1) is 17.2 Å². The van der Waals surface area contributed by atoms with Gasteiger partial charge in [-0.25, -0.2) is 0 Å². The van der Waals surface area contributed by atoms with Crippen molar-refractivity contribution in [3.8, 4) is 0 Å². The molecule has 1 heterocycles. The Morgan fingerprint density at radius 2 is 1.58 bits per heavy atom. The zero-order valence-electron chi connectivity index (χ0n) is 11.6. The van der Waals surface area contributed by atoms with Gasteiger partial charge < -0.3 is 5.11 Å². The molecule has 1 aromatic carbocycles.